The van der Waals surface area contributed by atoms with Crippen LogP contribution in [-0.2, 0) is 9.59 Å². The van der Waals surface area contributed by atoms with Crippen molar-refractivity contribution in [3.63, 3.8) is 0 Å². The van der Waals surface area contributed by atoms with Crippen molar-refractivity contribution in [2.24, 2.45) is 17.8 Å². The van der Waals surface area contributed by atoms with Gasteiger partial charge in [-0.05, 0) is 72.9 Å². The Morgan fingerprint density at radius 2 is 1.78 bits per heavy atom. The molecule has 0 bridgehead atoms. The second-order valence-electron chi connectivity index (χ2n) is 12.0. The first-order valence-electron chi connectivity index (χ1n) is 15.4. The van der Waals surface area contributed by atoms with Crippen molar-refractivity contribution in [3.8, 4) is 5.75 Å². The van der Waals surface area contributed by atoms with E-state index in [-0.39, 0.29) is 30.2 Å². The zero-order chi connectivity index (χ0) is 28.9. The SMILES string of the molecule is CCCC1=C([C@H](O)CC/C(=C/c2cccc(O)c2)c2ccccc2)[C@H](CO)[C@@H]2C(=O)N(C3CCCCC3)C(=O)[C@@H]2C1. The molecule has 218 valence electrons. The monoisotopic (exact) mass is 557 g/mol. The van der Waals surface area contributed by atoms with Gasteiger partial charge in [0.2, 0.25) is 11.8 Å². The fourth-order valence-corrected chi connectivity index (χ4v) is 7.44. The maximum Gasteiger partial charge on any atom is 0.234 e. The summed E-state index contributed by atoms with van der Waals surface area (Å²) >= 11 is 0. The summed E-state index contributed by atoms with van der Waals surface area (Å²) in [7, 11) is 0. The molecule has 6 heteroatoms. The van der Waals surface area contributed by atoms with Gasteiger partial charge in [-0.25, -0.2) is 0 Å². The number of hydrogen-bond acceptors (Lipinski definition) is 5. The normalized spacial score (nSPS) is 24.6. The van der Waals surface area contributed by atoms with E-state index in [1.807, 2.05) is 42.5 Å². The number of aromatic hydroxyl groups is 1. The van der Waals surface area contributed by atoms with Crippen LogP contribution in [0.15, 0.2) is 65.7 Å². The molecule has 3 N–H and O–H groups in total. The summed E-state index contributed by atoms with van der Waals surface area (Å²) in [5, 5.41) is 32.4. The summed E-state index contributed by atoms with van der Waals surface area (Å²) < 4.78 is 0. The van der Waals surface area contributed by atoms with Gasteiger partial charge in [-0.15, -0.1) is 0 Å². The molecule has 1 saturated heterocycles. The zero-order valence-corrected chi connectivity index (χ0v) is 24.0. The number of imide groups is 1. The number of allylic oxidation sites excluding steroid dienone is 2. The summed E-state index contributed by atoms with van der Waals surface area (Å²) in [6, 6.07) is 17.1. The van der Waals surface area contributed by atoms with Gasteiger partial charge in [0.25, 0.3) is 0 Å². The van der Waals surface area contributed by atoms with Crippen LogP contribution < -0.4 is 0 Å². The molecule has 4 atom stereocenters. The molecule has 2 aliphatic carbocycles. The number of fused-ring (bicyclic) bond motifs is 1. The molecule has 5 rings (SSSR count). The summed E-state index contributed by atoms with van der Waals surface area (Å²) in [5.41, 5.74) is 4.73. The van der Waals surface area contributed by atoms with E-state index < -0.39 is 23.9 Å². The van der Waals surface area contributed by atoms with E-state index in [1.165, 1.54) is 0 Å². The molecule has 0 unspecified atom stereocenters. The second kappa shape index (κ2) is 13.2. The quantitative estimate of drug-likeness (QED) is 0.186. The minimum Gasteiger partial charge on any atom is -0.508 e. The van der Waals surface area contributed by atoms with Crippen LogP contribution in [0.1, 0.15) is 82.3 Å². The molecule has 6 nitrogen and oxygen atoms in total. The first-order chi connectivity index (χ1) is 19.9. The smallest absolute Gasteiger partial charge is 0.234 e. The van der Waals surface area contributed by atoms with Crippen molar-refractivity contribution >= 4 is 23.5 Å². The molecule has 1 aliphatic heterocycles. The van der Waals surface area contributed by atoms with E-state index in [9.17, 15) is 24.9 Å². The topological polar surface area (TPSA) is 98.1 Å². The van der Waals surface area contributed by atoms with Gasteiger partial charge in [-0.3, -0.25) is 14.5 Å². The average Bonchev–Trinajstić information content (AvgIpc) is 3.24. The van der Waals surface area contributed by atoms with Gasteiger partial charge in [0.1, 0.15) is 5.75 Å². The highest BCUT2D eigenvalue weighted by molar-refractivity contribution is 6.06. The average molecular weight is 558 g/mol. The number of phenols is 1. The molecule has 1 saturated carbocycles. The molecular formula is C35H43NO5. The van der Waals surface area contributed by atoms with Crippen LogP contribution in [0.4, 0.5) is 0 Å². The predicted octanol–water partition coefficient (Wildman–Crippen LogP) is 6.12. The third-order valence-corrected chi connectivity index (χ3v) is 9.31. The van der Waals surface area contributed by atoms with E-state index in [0.717, 1.165) is 72.8 Å². The van der Waals surface area contributed by atoms with Crippen molar-refractivity contribution < 1.29 is 24.9 Å². The van der Waals surface area contributed by atoms with Gasteiger partial charge in [0.15, 0.2) is 0 Å². The fourth-order valence-electron chi connectivity index (χ4n) is 7.44. The zero-order valence-electron chi connectivity index (χ0n) is 24.0. The Labute approximate surface area is 243 Å². The Hall–Kier alpha value is -3.22. The van der Waals surface area contributed by atoms with E-state index in [4.69, 9.17) is 0 Å². The van der Waals surface area contributed by atoms with E-state index in [2.05, 4.69) is 6.92 Å². The highest BCUT2D eigenvalue weighted by Gasteiger charge is 2.56. The Morgan fingerprint density at radius 3 is 2.46 bits per heavy atom. The van der Waals surface area contributed by atoms with Crippen LogP contribution in [0.2, 0.25) is 0 Å². The second-order valence-corrected chi connectivity index (χ2v) is 12.0. The van der Waals surface area contributed by atoms with Crippen LogP contribution in [-0.4, -0.2) is 50.8 Å². The lowest BCUT2D eigenvalue weighted by atomic mass is 9.67. The molecular weight excluding hydrogens is 514 g/mol. The first kappa shape index (κ1) is 29.3. The van der Waals surface area contributed by atoms with E-state index >= 15 is 0 Å². The molecule has 1 heterocycles. The van der Waals surface area contributed by atoms with Crippen LogP contribution in [0.25, 0.3) is 11.6 Å². The van der Waals surface area contributed by atoms with Gasteiger partial charge < -0.3 is 15.3 Å². The fraction of sp³-hybridized carbons (Fsp3) is 0.486. The third-order valence-electron chi connectivity index (χ3n) is 9.31. The highest BCUT2D eigenvalue weighted by Crippen LogP contribution is 2.48. The Morgan fingerprint density at radius 1 is 1.02 bits per heavy atom. The Balaban J connectivity index is 1.42. The minimum atomic E-state index is -0.836. The van der Waals surface area contributed by atoms with Crippen LogP contribution in [0, 0.1) is 17.8 Å². The largest absolute Gasteiger partial charge is 0.508 e. The predicted molar refractivity (Wildman–Crippen MR) is 160 cm³/mol. The van der Waals surface area contributed by atoms with Crippen LogP contribution >= 0.6 is 0 Å². The number of aliphatic hydroxyl groups is 2. The molecule has 2 amide bonds. The number of benzene rings is 2. The Bertz CT molecular complexity index is 1290. The lowest BCUT2D eigenvalue weighted by Crippen LogP contribution is -2.42. The number of aliphatic hydroxyl groups excluding tert-OH is 2. The number of rotatable bonds is 10. The van der Waals surface area contributed by atoms with Crippen molar-refractivity contribution in [2.45, 2.75) is 83.3 Å². The van der Waals surface area contributed by atoms with Crippen LogP contribution in [0.3, 0.4) is 0 Å². The number of nitrogens with zero attached hydrogens (tertiary/aromatic N) is 1. The first-order valence-corrected chi connectivity index (χ1v) is 15.4. The van der Waals surface area contributed by atoms with Gasteiger partial charge in [-0.1, -0.05) is 86.7 Å². The summed E-state index contributed by atoms with van der Waals surface area (Å²) in [4.78, 5) is 29.0. The van der Waals surface area contributed by atoms with E-state index in [1.54, 1.807) is 23.1 Å². The number of amides is 2. The van der Waals surface area contributed by atoms with Gasteiger partial charge in [-0.2, -0.15) is 0 Å². The number of phenolic OH excluding ortho intramolecular Hbond substituents is 1. The molecule has 2 aromatic carbocycles. The van der Waals surface area contributed by atoms with E-state index in [0.29, 0.717) is 19.3 Å². The lowest BCUT2D eigenvalue weighted by Gasteiger charge is -2.36. The lowest BCUT2D eigenvalue weighted by molar-refractivity contribution is -0.143. The van der Waals surface area contributed by atoms with Crippen molar-refractivity contribution in [1.29, 1.82) is 0 Å². The van der Waals surface area contributed by atoms with Crippen molar-refractivity contribution in [1.82, 2.24) is 4.90 Å². The highest BCUT2D eigenvalue weighted by atomic mass is 16.3. The third kappa shape index (κ3) is 6.19. The van der Waals surface area contributed by atoms with Gasteiger partial charge >= 0.3 is 0 Å². The van der Waals surface area contributed by atoms with Crippen LogP contribution in [0.5, 0.6) is 5.75 Å². The number of likely N-dealkylation sites (tertiary alicyclic amines) is 1. The van der Waals surface area contributed by atoms with Crippen molar-refractivity contribution in [2.75, 3.05) is 6.61 Å². The van der Waals surface area contributed by atoms with Gasteiger partial charge in [0, 0.05) is 12.0 Å². The molecule has 41 heavy (non-hydrogen) atoms. The molecule has 3 aliphatic rings. The van der Waals surface area contributed by atoms with Gasteiger partial charge in [0.05, 0.1) is 24.5 Å². The minimum absolute atomic E-state index is 0.0346. The molecule has 0 radical (unpaired) electrons. The summed E-state index contributed by atoms with van der Waals surface area (Å²) in [6.07, 6.45) is 9.20. The number of hydrogen-bond donors (Lipinski definition) is 3. The molecule has 0 spiro atoms. The summed E-state index contributed by atoms with van der Waals surface area (Å²) in [5.74, 6) is -1.62. The Kier molecular flexibility index (Phi) is 9.41. The standard InChI is InChI=1S/C35H43NO5/c1-2-10-26-21-29-33(35(41)36(34(29)40)27-14-7-4-8-15-27)30(22-37)32(26)31(39)18-17-25(24-12-5-3-6-13-24)19-23-11-9-16-28(38)20-23/h3,5-6,9,11-13,16,19-20,27,29-31,33,37-39H,2,4,7-8,10,14-15,17-18,21-22H2,1H3/b25-19-/t29-,30+,31-,33-/m1/s1. The summed E-state index contributed by atoms with van der Waals surface area (Å²) in [6.45, 7) is 1.82. The van der Waals surface area contributed by atoms with Crippen molar-refractivity contribution in [3.05, 3.63) is 76.9 Å². The molecule has 0 aromatic heterocycles. The maximum atomic E-state index is 13.8. The molecule has 2 fully saturated rings. The maximum absolute atomic E-state index is 13.8. The molecule has 2 aromatic rings. The number of carbonyl (C=O) groups excluding carboxylic acids is 2. The number of carbonyl (C=O) groups is 2.